The summed E-state index contributed by atoms with van der Waals surface area (Å²) in [5, 5.41) is 0.924. The highest BCUT2D eigenvalue weighted by Crippen LogP contribution is 2.41. The van der Waals surface area contributed by atoms with Crippen molar-refractivity contribution in [3.05, 3.63) is 24.3 Å². The molecule has 0 bridgehead atoms. The number of alkyl halides is 10. The molecule has 4 nitrogen and oxygen atoms in total. The summed E-state index contributed by atoms with van der Waals surface area (Å²) in [6.07, 6.45) is -17.9. The van der Waals surface area contributed by atoms with Crippen LogP contribution in [-0.4, -0.2) is 30.7 Å². The molecule has 0 aliphatic rings. The maximum Gasteiger partial charge on any atom is 0.573 e. The van der Waals surface area contributed by atoms with E-state index < -0.39 is 42.1 Å². The van der Waals surface area contributed by atoms with Gasteiger partial charge >= 0.3 is 30.7 Å². The summed E-state index contributed by atoms with van der Waals surface area (Å²) in [4.78, 5) is 11.2. The normalized spacial score (nSPS) is 13.5. The third-order valence-corrected chi connectivity index (χ3v) is 2.26. The number of halogens is 10. The van der Waals surface area contributed by atoms with Crippen LogP contribution in [0.2, 0.25) is 0 Å². The van der Waals surface area contributed by atoms with E-state index in [-0.39, 0.29) is 0 Å². The van der Waals surface area contributed by atoms with Crippen LogP contribution in [0.15, 0.2) is 24.3 Å². The first-order valence-corrected chi connectivity index (χ1v) is 5.74. The highest BCUT2D eigenvalue weighted by molar-refractivity contribution is 5.97. The Balaban J connectivity index is 3.06. The van der Waals surface area contributed by atoms with Crippen LogP contribution in [-0.2, 0) is 9.53 Å². The number of rotatable bonds is 5. The standard InChI is InChI=1S/C11H5F10NO3/c12-8(13,9(14,15)25-11(19,20)21)7(23)22-5-3-1-2-4-6(5)24-10(16,17)18/h1-4H,(H,22,23). The van der Waals surface area contributed by atoms with Gasteiger partial charge in [0.2, 0.25) is 0 Å². The highest BCUT2D eigenvalue weighted by Gasteiger charge is 2.67. The minimum Gasteiger partial charge on any atom is -0.404 e. The Morgan fingerprint density at radius 1 is 0.840 bits per heavy atom. The third-order valence-electron chi connectivity index (χ3n) is 2.26. The largest absolute Gasteiger partial charge is 0.573 e. The van der Waals surface area contributed by atoms with Gasteiger partial charge in [0.25, 0.3) is 0 Å². The summed E-state index contributed by atoms with van der Waals surface area (Å²) in [6, 6.07) is 2.90. The molecule has 1 amide bonds. The van der Waals surface area contributed by atoms with Crippen molar-refractivity contribution in [2.45, 2.75) is 24.8 Å². The van der Waals surface area contributed by atoms with Gasteiger partial charge in [0, 0.05) is 0 Å². The molecule has 14 heteroatoms. The van der Waals surface area contributed by atoms with Crippen LogP contribution in [0.5, 0.6) is 5.75 Å². The maximum absolute atomic E-state index is 13.2. The van der Waals surface area contributed by atoms with E-state index in [0.717, 1.165) is 17.4 Å². The fourth-order valence-electron chi connectivity index (χ4n) is 1.33. The fourth-order valence-corrected chi connectivity index (χ4v) is 1.33. The average molecular weight is 389 g/mol. The van der Waals surface area contributed by atoms with Crippen molar-refractivity contribution < 1.29 is 58.2 Å². The number of amides is 1. The molecule has 1 aromatic carbocycles. The van der Waals surface area contributed by atoms with Gasteiger partial charge in [0.15, 0.2) is 5.75 Å². The lowest BCUT2D eigenvalue weighted by atomic mass is 10.2. The van der Waals surface area contributed by atoms with Crippen molar-refractivity contribution in [2.75, 3.05) is 5.32 Å². The molecule has 0 unspecified atom stereocenters. The van der Waals surface area contributed by atoms with Crippen LogP contribution < -0.4 is 10.1 Å². The van der Waals surface area contributed by atoms with Crippen LogP contribution in [0.1, 0.15) is 0 Å². The number of anilines is 1. The van der Waals surface area contributed by atoms with E-state index in [9.17, 15) is 48.7 Å². The van der Waals surface area contributed by atoms with Crippen LogP contribution in [0.25, 0.3) is 0 Å². The van der Waals surface area contributed by atoms with Crippen LogP contribution in [0.4, 0.5) is 49.6 Å². The molecular weight excluding hydrogens is 384 g/mol. The zero-order valence-corrected chi connectivity index (χ0v) is 11.3. The Hall–Kier alpha value is -2.25. The van der Waals surface area contributed by atoms with Gasteiger partial charge in [-0.1, -0.05) is 12.1 Å². The van der Waals surface area contributed by atoms with Crippen LogP contribution >= 0.6 is 0 Å². The Morgan fingerprint density at radius 2 is 1.36 bits per heavy atom. The number of hydrogen-bond acceptors (Lipinski definition) is 3. The Morgan fingerprint density at radius 3 is 1.84 bits per heavy atom. The summed E-state index contributed by atoms with van der Waals surface area (Å²) in [6.45, 7) is 0. The molecule has 0 saturated heterocycles. The molecule has 0 saturated carbocycles. The second-order valence-corrected chi connectivity index (χ2v) is 4.14. The van der Waals surface area contributed by atoms with E-state index in [1.54, 1.807) is 0 Å². The molecule has 0 fully saturated rings. The third kappa shape index (κ3) is 5.65. The van der Waals surface area contributed by atoms with Crippen molar-refractivity contribution in [2.24, 2.45) is 0 Å². The van der Waals surface area contributed by atoms with E-state index in [2.05, 4.69) is 4.74 Å². The molecule has 0 aliphatic carbocycles. The van der Waals surface area contributed by atoms with Gasteiger partial charge < -0.3 is 10.1 Å². The molecule has 0 aromatic heterocycles. The predicted octanol–water partition coefficient (Wildman–Crippen LogP) is 4.29. The van der Waals surface area contributed by atoms with E-state index in [1.807, 2.05) is 4.74 Å². The van der Waals surface area contributed by atoms with Gasteiger partial charge in [-0.15, -0.1) is 26.3 Å². The Labute approximate surface area is 131 Å². The number of hydrogen-bond donors (Lipinski definition) is 1. The Kier molecular flexibility index (Phi) is 5.47. The minimum atomic E-state index is -6.32. The molecule has 0 radical (unpaired) electrons. The summed E-state index contributed by atoms with van der Waals surface area (Å²) < 4.78 is 129. The summed E-state index contributed by atoms with van der Waals surface area (Å²) in [5.74, 6) is -10.4. The molecule has 0 heterocycles. The van der Waals surface area contributed by atoms with Crippen molar-refractivity contribution in [3.8, 4) is 5.75 Å². The first-order valence-electron chi connectivity index (χ1n) is 5.74. The summed E-state index contributed by atoms with van der Waals surface area (Å²) in [5.41, 5.74) is -1.15. The molecule has 0 spiro atoms. The molecule has 1 aromatic rings. The second kappa shape index (κ2) is 6.57. The first-order chi connectivity index (χ1) is 11.1. The highest BCUT2D eigenvalue weighted by atomic mass is 19.4. The van der Waals surface area contributed by atoms with Crippen LogP contribution in [0.3, 0.4) is 0 Å². The number of nitrogens with one attached hydrogen (secondary N) is 1. The van der Waals surface area contributed by atoms with Gasteiger partial charge in [-0.3, -0.25) is 4.79 Å². The van der Waals surface area contributed by atoms with Crippen LogP contribution in [0, 0.1) is 0 Å². The van der Waals surface area contributed by atoms with Gasteiger partial charge in [-0.25, -0.2) is 4.74 Å². The smallest absolute Gasteiger partial charge is 0.404 e. The quantitative estimate of drug-likeness (QED) is 0.765. The molecule has 1 rings (SSSR count). The maximum atomic E-state index is 13.2. The first kappa shape index (κ1) is 20.8. The van der Waals surface area contributed by atoms with Crippen molar-refractivity contribution >= 4 is 11.6 Å². The molecular formula is C11H5F10NO3. The molecule has 0 aliphatic heterocycles. The summed E-state index contributed by atoms with van der Waals surface area (Å²) in [7, 11) is 0. The van der Waals surface area contributed by atoms with Gasteiger partial charge in [-0.05, 0) is 12.1 Å². The van der Waals surface area contributed by atoms with Crippen molar-refractivity contribution in [1.29, 1.82) is 0 Å². The predicted molar refractivity (Wildman–Crippen MR) is 58.8 cm³/mol. The number of para-hydroxylation sites is 2. The van der Waals surface area contributed by atoms with Gasteiger partial charge in [0.1, 0.15) is 0 Å². The lowest BCUT2D eigenvalue weighted by molar-refractivity contribution is -0.457. The topological polar surface area (TPSA) is 47.6 Å². The number of benzene rings is 1. The number of ether oxygens (including phenoxy) is 2. The van der Waals surface area contributed by atoms with E-state index >= 15 is 0 Å². The Bertz CT molecular complexity index is 625. The second-order valence-electron chi connectivity index (χ2n) is 4.14. The van der Waals surface area contributed by atoms with E-state index in [0.29, 0.717) is 12.1 Å². The number of carbonyl (C=O) groups excluding carboxylic acids is 1. The lowest BCUT2D eigenvalue weighted by Crippen LogP contribution is -2.53. The number of carbonyl (C=O) groups is 1. The molecule has 1 N–H and O–H groups in total. The minimum absolute atomic E-state index is 0.533. The summed E-state index contributed by atoms with van der Waals surface area (Å²) >= 11 is 0. The van der Waals surface area contributed by atoms with E-state index in [1.165, 1.54) is 0 Å². The van der Waals surface area contributed by atoms with Gasteiger partial charge in [0.05, 0.1) is 5.69 Å². The van der Waals surface area contributed by atoms with Crippen molar-refractivity contribution in [3.63, 3.8) is 0 Å². The van der Waals surface area contributed by atoms with Gasteiger partial charge in [-0.2, -0.15) is 17.6 Å². The fraction of sp³-hybridized carbons (Fsp3) is 0.364. The lowest BCUT2D eigenvalue weighted by Gasteiger charge is -2.26. The SMILES string of the molecule is O=C(Nc1ccccc1OC(F)(F)F)C(F)(F)C(F)(F)OC(F)(F)F. The molecule has 142 valence electrons. The zero-order valence-electron chi connectivity index (χ0n) is 11.3. The monoisotopic (exact) mass is 389 g/mol. The average Bonchev–Trinajstić information content (AvgIpc) is 2.36. The van der Waals surface area contributed by atoms with Crippen molar-refractivity contribution in [1.82, 2.24) is 0 Å². The zero-order chi connectivity index (χ0) is 19.7. The molecule has 25 heavy (non-hydrogen) atoms. The molecule has 0 atom stereocenters. The van der Waals surface area contributed by atoms with E-state index in [4.69, 9.17) is 0 Å².